The van der Waals surface area contributed by atoms with Crippen molar-refractivity contribution in [1.82, 2.24) is 14.8 Å². The number of carbonyl (C=O) groups is 2. The third-order valence-corrected chi connectivity index (χ3v) is 6.15. The van der Waals surface area contributed by atoms with E-state index in [1.807, 2.05) is 6.07 Å². The second-order valence-corrected chi connectivity index (χ2v) is 8.21. The Balaban J connectivity index is 1.43. The van der Waals surface area contributed by atoms with Crippen LogP contribution in [0, 0.1) is 11.6 Å². The minimum Gasteiger partial charge on any atom is -0.489 e. The fourth-order valence-electron chi connectivity index (χ4n) is 3.44. The molecule has 0 unspecified atom stereocenters. The average molecular weight is 458 g/mol. The van der Waals surface area contributed by atoms with E-state index in [0.29, 0.717) is 42.6 Å². The Bertz CT molecular complexity index is 1120. The van der Waals surface area contributed by atoms with Crippen molar-refractivity contribution in [2.24, 2.45) is 0 Å². The Hall–Kier alpha value is -3.33. The van der Waals surface area contributed by atoms with Crippen LogP contribution in [0.2, 0.25) is 0 Å². The van der Waals surface area contributed by atoms with E-state index < -0.39 is 11.6 Å². The normalized spacial score (nSPS) is 13.8. The first-order chi connectivity index (χ1) is 15.4. The van der Waals surface area contributed by atoms with Crippen LogP contribution in [-0.2, 0) is 11.4 Å². The summed E-state index contributed by atoms with van der Waals surface area (Å²) in [6.45, 7) is 3.26. The van der Waals surface area contributed by atoms with Gasteiger partial charge >= 0.3 is 0 Å². The first-order valence-electron chi connectivity index (χ1n) is 10.1. The summed E-state index contributed by atoms with van der Waals surface area (Å²) >= 11 is 1.33. The smallest absolute Gasteiger partial charge is 0.273 e. The van der Waals surface area contributed by atoms with E-state index in [-0.39, 0.29) is 24.0 Å². The molecule has 1 aromatic heterocycles. The zero-order chi connectivity index (χ0) is 22.7. The zero-order valence-corrected chi connectivity index (χ0v) is 18.2. The highest BCUT2D eigenvalue weighted by Gasteiger charge is 2.25. The maximum absolute atomic E-state index is 13.8. The number of hydrogen-bond acceptors (Lipinski definition) is 5. The van der Waals surface area contributed by atoms with E-state index in [0.717, 1.165) is 5.56 Å². The van der Waals surface area contributed by atoms with Crippen LogP contribution in [-0.4, -0.2) is 52.8 Å². The lowest BCUT2D eigenvalue weighted by Gasteiger charge is -2.33. The van der Waals surface area contributed by atoms with E-state index in [9.17, 15) is 18.4 Å². The molecule has 9 heteroatoms. The molecular weight excluding hydrogens is 436 g/mol. The average Bonchev–Trinajstić information content (AvgIpc) is 3.29. The number of aromatic nitrogens is 1. The molecule has 0 saturated carbocycles. The Morgan fingerprint density at radius 3 is 2.38 bits per heavy atom. The Labute approximate surface area is 188 Å². The van der Waals surface area contributed by atoms with Crippen molar-refractivity contribution in [3.8, 4) is 16.3 Å². The molecule has 4 rings (SSSR count). The lowest BCUT2D eigenvalue weighted by atomic mass is 10.2. The van der Waals surface area contributed by atoms with Gasteiger partial charge in [-0.1, -0.05) is 18.2 Å². The van der Waals surface area contributed by atoms with Crippen LogP contribution in [0.15, 0.2) is 47.8 Å². The molecule has 0 bridgehead atoms. The minimum atomic E-state index is -0.659. The lowest BCUT2D eigenvalue weighted by molar-refractivity contribution is -0.130. The first-order valence-corrected chi connectivity index (χ1v) is 11.0. The van der Waals surface area contributed by atoms with Gasteiger partial charge < -0.3 is 14.5 Å². The second kappa shape index (κ2) is 9.44. The zero-order valence-electron chi connectivity index (χ0n) is 17.4. The van der Waals surface area contributed by atoms with Gasteiger partial charge in [0.15, 0.2) is 0 Å². The van der Waals surface area contributed by atoms with E-state index in [4.69, 9.17) is 4.74 Å². The number of halogens is 2. The van der Waals surface area contributed by atoms with Crippen molar-refractivity contribution >= 4 is 23.2 Å². The van der Waals surface area contributed by atoms with Gasteiger partial charge in [0, 0.05) is 44.0 Å². The van der Waals surface area contributed by atoms with Gasteiger partial charge in [-0.05, 0) is 24.3 Å². The lowest BCUT2D eigenvalue weighted by Crippen LogP contribution is -2.50. The number of benzene rings is 2. The van der Waals surface area contributed by atoms with Crippen molar-refractivity contribution in [2.75, 3.05) is 26.2 Å². The summed E-state index contributed by atoms with van der Waals surface area (Å²) in [6, 6.07) is 10.7. The van der Waals surface area contributed by atoms with E-state index in [2.05, 4.69) is 4.98 Å². The molecule has 0 aliphatic carbocycles. The van der Waals surface area contributed by atoms with Crippen LogP contribution < -0.4 is 4.74 Å². The van der Waals surface area contributed by atoms with Crippen LogP contribution in [0.1, 0.15) is 23.0 Å². The SMILES string of the molecule is CC(=O)N1CCN(C(=O)c2csc(-c3cccc(OCc4c(F)cccc4F)c3)n2)CC1. The number of amides is 2. The topological polar surface area (TPSA) is 62.7 Å². The summed E-state index contributed by atoms with van der Waals surface area (Å²) in [7, 11) is 0. The number of piperazine rings is 1. The van der Waals surface area contributed by atoms with Gasteiger partial charge in [0.05, 0.1) is 5.56 Å². The largest absolute Gasteiger partial charge is 0.489 e. The summed E-state index contributed by atoms with van der Waals surface area (Å²) in [5.41, 5.74) is 0.952. The molecule has 1 aliphatic heterocycles. The van der Waals surface area contributed by atoms with Crippen molar-refractivity contribution < 1.29 is 23.1 Å². The van der Waals surface area contributed by atoms with Crippen LogP contribution >= 0.6 is 11.3 Å². The molecule has 166 valence electrons. The predicted octanol–water partition coefficient (Wildman–Crippen LogP) is 3.97. The molecule has 6 nitrogen and oxygen atoms in total. The van der Waals surface area contributed by atoms with Gasteiger partial charge in [0.25, 0.3) is 5.91 Å². The van der Waals surface area contributed by atoms with Crippen molar-refractivity contribution in [3.05, 3.63) is 70.7 Å². The van der Waals surface area contributed by atoms with Crippen molar-refractivity contribution in [3.63, 3.8) is 0 Å². The standard InChI is InChI=1S/C23H21F2N3O3S/c1-15(29)27-8-10-28(11-9-27)23(30)21-14-32-22(26-21)16-4-2-5-17(12-16)31-13-18-19(24)6-3-7-20(18)25/h2-7,12,14H,8-11,13H2,1H3. The molecule has 0 atom stereocenters. The fraction of sp³-hybridized carbons (Fsp3) is 0.261. The number of rotatable bonds is 5. The summed E-state index contributed by atoms with van der Waals surface area (Å²) in [5.74, 6) is -1.04. The maximum atomic E-state index is 13.8. The molecule has 0 spiro atoms. The van der Waals surface area contributed by atoms with E-state index in [1.165, 1.54) is 36.5 Å². The summed E-state index contributed by atoms with van der Waals surface area (Å²) in [6.07, 6.45) is 0. The maximum Gasteiger partial charge on any atom is 0.273 e. The van der Waals surface area contributed by atoms with Crippen LogP contribution in [0.25, 0.3) is 10.6 Å². The summed E-state index contributed by atoms with van der Waals surface area (Å²) < 4.78 is 33.2. The molecule has 2 heterocycles. The molecule has 2 amide bonds. The van der Waals surface area contributed by atoms with E-state index >= 15 is 0 Å². The summed E-state index contributed by atoms with van der Waals surface area (Å²) in [5, 5.41) is 2.34. The van der Waals surface area contributed by atoms with Crippen molar-refractivity contribution in [1.29, 1.82) is 0 Å². The highest BCUT2D eigenvalue weighted by Crippen LogP contribution is 2.28. The third-order valence-electron chi connectivity index (χ3n) is 5.26. The quantitative estimate of drug-likeness (QED) is 0.582. The number of thiazole rings is 1. The molecule has 3 aromatic rings. The number of ether oxygens (including phenoxy) is 1. The van der Waals surface area contributed by atoms with Gasteiger partial charge in [0.1, 0.15) is 34.7 Å². The molecule has 1 fully saturated rings. The summed E-state index contributed by atoms with van der Waals surface area (Å²) in [4.78, 5) is 32.1. The van der Waals surface area contributed by atoms with Crippen LogP contribution in [0.4, 0.5) is 8.78 Å². The molecule has 1 saturated heterocycles. The fourth-order valence-corrected chi connectivity index (χ4v) is 4.23. The highest BCUT2D eigenvalue weighted by atomic mass is 32.1. The first kappa shape index (κ1) is 21.9. The molecule has 2 aromatic carbocycles. The number of carbonyl (C=O) groups excluding carboxylic acids is 2. The monoisotopic (exact) mass is 457 g/mol. The van der Waals surface area contributed by atoms with Crippen LogP contribution in [0.5, 0.6) is 5.75 Å². The molecular formula is C23H21F2N3O3S. The van der Waals surface area contributed by atoms with E-state index in [1.54, 1.807) is 33.4 Å². The molecule has 32 heavy (non-hydrogen) atoms. The Morgan fingerprint density at radius 1 is 1.03 bits per heavy atom. The van der Waals surface area contributed by atoms with Gasteiger partial charge in [-0.3, -0.25) is 9.59 Å². The molecule has 1 aliphatic rings. The Kier molecular flexibility index (Phi) is 6.45. The Morgan fingerprint density at radius 2 is 1.69 bits per heavy atom. The number of hydrogen-bond donors (Lipinski definition) is 0. The molecule has 0 radical (unpaired) electrons. The van der Waals surface area contributed by atoms with Gasteiger partial charge in [-0.2, -0.15) is 0 Å². The van der Waals surface area contributed by atoms with Crippen LogP contribution in [0.3, 0.4) is 0 Å². The van der Waals surface area contributed by atoms with Gasteiger partial charge in [-0.25, -0.2) is 13.8 Å². The molecule has 0 N–H and O–H groups in total. The highest BCUT2D eigenvalue weighted by molar-refractivity contribution is 7.13. The third kappa shape index (κ3) is 4.77. The second-order valence-electron chi connectivity index (χ2n) is 7.35. The number of nitrogens with zero attached hydrogens (tertiary/aromatic N) is 3. The van der Waals surface area contributed by atoms with Crippen molar-refractivity contribution in [2.45, 2.75) is 13.5 Å². The van der Waals surface area contributed by atoms with Gasteiger partial charge in [-0.15, -0.1) is 11.3 Å². The predicted molar refractivity (Wildman–Crippen MR) is 116 cm³/mol. The minimum absolute atomic E-state index is 0.00730. The van der Waals surface area contributed by atoms with Gasteiger partial charge in [0.2, 0.25) is 5.91 Å².